The Morgan fingerprint density at radius 1 is 1.48 bits per heavy atom. The fourth-order valence-corrected chi connectivity index (χ4v) is 4.54. The Bertz CT molecular complexity index is 786. The van der Waals surface area contributed by atoms with Gasteiger partial charge in [0, 0.05) is 5.92 Å². The maximum absolute atomic E-state index is 12.5. The number of hydrogen-bond acceptors (Lipinski definition) is 4. The minimum Gasteiger partial charge on any atom is -0.490 e. The van der Waals surface area contributed by atoms with Gasteiger partial charge in [0.1, 0.15) is 6.61 Å². The summed E-state index contributed by atoms with van der Waals surface area (Å²) in [6.45, 7) is 4.65. The maximum atomic E-state index is 12.5. The minimum atomic E-state index is 0.00533. The molecule has 0 aromatic heterocycles. The zero-order valence-corrected chi connectivity index (χ0v) is 16.5. The Balaban J connectivity index is 1.66. The SMILES string of the molecule is C#CCOc1c(Cl)cc(/C=N\NC(=O)[C@@H]2[C@H]3CCCC[C@]32C)cc1OCC. The lowest BCUT2D eigenvalue weighted by Gasteiger charge is -2.15. The van der Waals surface area contributed by atoms with Gasteiger partial charge in [-0.1, -0.05) is 37.3 Å². The molecule has 3 atom stereocenters. The highest BCUT2D eigenvalue weighted by Gasteiger charge is 2.64. The van der Waals surface area contributed by atoms with Gasteiger partial charge in [0.2, 0.25) is 5.91 Å². The third-order valence-electron chi connectivity index (χ3n) is 5.63. The van der Waals surface area contributed by atoms with Crippen molar-refractivity contribution in [3.63, 3.8) is 0 Å². The molecule has 0 saturated heterocycles. The molecule has 0 heterocycles. The van der Waals surface area contributed by atoms with Crippen LogP contribution in [0.5, 0.6) is 11.5 Å². The average Bonchev–Trinajstić information content (AvgIpc) is 3.27. The van der Waals surface area contributed by atoms with Crippen LogP contribution in [0.3, 0.4) is 0 Å². The molecule has 144 valence electrons. The van der Waals surface area contributed by atoms with Crippen molar-refractivity contribution >= 4 is 23.7 Å². The maximum Gasteiger partial charge on any atom is 0.244 e. The van der Waals surface area contributed by atoms with Crippen LogP contribution in [0.15, 0.2) is 17.2 Å². The highest BCUT2D eigenvalue weighted by Crippen LogP contribution is 2.66. The molecule has 2 aliphatic rings. The Kier molecular flexibility index (Phi) is 5.96. The van der Waals surface area contributed by atoms with E-state index in [1.165, 1.54) is 12.8 Å². The van der Waals surface area contributed by atoms with E-state index in [1.54, 1.807) is 18.3 Å². The van der Waals surface area contributed by atoms with Crippen molar-refractivity contribution in [1.82, 2.24) is 5.43 Å². The molecule has 3 rings (SSSR count). The summed E-state index contributed by atoms with van der Waals surface area (Å²) in [7, 11) is 0. The van der Waals surface area contributed by atoms with Gasteiger partial charge in [-0.15, -0.1) is 6.42 Å². The largest absolute Gasteiger partial charge is 0.490 e. The number of hydrazone groups is 1. The molecule has 0 bridgehead atoms. The van der Waals surface area contributed by atoms with Gasteiger partial charge in [0.15, 0.2) is 11.5 Å². The molecule has 6 heteroatoms. The molecular formula is C21H25ClN2O3. The van der Waals surface area contributed by atoms with E-state index in [4.69, 9.17) is 27.5 Å². The van der Waals surface area contributed by atoms with E-state index in [-0.39, 0.29) is 23.8 Å². The van der Waals surface area contributed by atoms with Crippen LogP contribution in [0.25, 0.3) is 0 Å². The van der Waals surface area contributed by atoms with Crippen LogP contribution in [0.2, 0.25) is 5.02 Å². The number of nitrogens with zero attached hydrogens (tertiary/aromatic N) is 1. The second kappa shape index (κ2) is 8.22. The number of carbonyl (C=O) groups excluding carboxylic acids is 1. The number of benzene rings is 1. The molecule has 5 nitrogen and oxygen atoms in total. The summed E-state index contributed by atoms with van der Waals surface area (Å²) in [6.07, 6.45) is 11.5. The lowest BCUT2D eigenvalue weighted by Crippen LogP contribution is -2.22. The first kappa shape index (κ1) is 19.6. The van der Waals surface area contributed by atoms with Crippen molar-refractivity contribution in [2.45, 2.75) is 39.5 Å². The second-order valence-electron chi connectivity index (χ2n) is 7.33. The quantitative estimate of drug-likeness (QED) is 0.436. The summed E-state index contributed by atoms with van der Waals surface area (Å²) in [5.41, 5.74) is 3.55. The van der Waals surface area contributed by atoms with Crippen LogP contribution < -0.4 is 14.9 Å². The molecule has 0 aliphatic heterocycles. The van der Waals surface area contributed by atoms with E-state index in [9.17, 15) is 4.79 Å². The monoisotopic (exact) mass is 388 g/mol. The van der Waals surface area contributed by atoms with E-state index in [0.717, 1.165) is 12.8 Å². The number of amides is 1. The van der Waals surface area contributed by atoms with Crippen LogP contribution in [-0.2, 0) is 4.79 Å². The van der Waals surface area contributed by atoms with Gasteiger partial charge in [0.05, 0.1) is 17.8 Å². The Hall–Kier alpha value is -2.19. The van der Waals surface area contributed by atoms with E-state index in [2.05, 4.69) is 23.4 Å². The molecule has 2 aliphatic carbocycles. The normalized spacial score (nSPS) is 26.1. The topological polar surface area (TPSA) is 59.9 Å². The number of ether oxygens (including phenoxy) is 2. The molecule has 2 saturated carbocycles. The summed E-state index contributed by atoms with van der Waals surface area (Å²) in [6, 6.07) is 3.46. The van der Waals surface area contributed by atoms with Crippen molar-refractivity contribution < 1.29 is 14.3 Å². The van der Waals surface area contributed by atoms with Crippen molar-refractivity contribution in [1.29, 1.82) is 0 Å². The standard InChI is InChI=1S/C21H25ClN2O3/c1-4-10-27-19-16(22)11-14(12-17(19)26-5-2)13-23-24-20(25)18-15-8-6-7-9-21(15,18)3/h1,11-13,15,18H,5-10H2,2-3H3,(H,24,25)/b23-13-/t15-,18+,21-/m1/s1. The van der Waals surface area contributed by atoms with Gasteiger partial charge >= 0.3 is 0 Å². The third-order valence-corrected chi connectivity index (χ3v) is 5.91. The molecule has 1 aromatic carbocycles. The third kappa shape index (κ3) is 4.06. The molecule has 0 unspecified atom stereocenters. The summed E-state index contributed by atoms with van der Waals surface area (Å²) in [5.74, 6) is 3.90. The molecule has 27 heavy (non-hydrogen) atoms. The van der Waals surface area contributed by atoms with Gasteiger partial charge in [-0.25, -0.2) is 5.43 Å². The van der Waals surface area contributed by atoms with E-state index >= 15 is 0 Å². The number of carbonyl (C=O) groups is 1. The fourth-order valence-electron chi connectivity index (χ4n) is 4.27. The van der Waals surface area contributed by atoms with Gasteiger partial charge in [-0.05, 0) is 48.8 Å². The van der Waals surface area contributed by atoms with E-state index in [1.807, 2.05) is 6.92 Å². The van der Waals surface area contributed by atoms with Crippen LogP contribution in [0.4, 0.5) is 0 Å². The van der Waals surface area contributed by atoms with Gasteiger partial charge in [-0.3, -0.25) is 4.79 Å². The molecule has 2 fully saturated rings. The number of halogens is 1. The molecule has 1 N–H and O–H groups in total. The smallest absolute Gasteiger partial charge is 0.244 e. The van der Waals surface area contributed by atoms with Crippen molar-refractivity contribution in [2.24, 2.45) is 22.4 Å². The average molecular weight is 389 g/mol. The summed E-state index contributed by atoms with van der Waals surface area (Å²) in [5, 5.41) is 4.49. The van der Waals surface area contributed by atoms with E-state index < -0.39 is 0 Å². The zero-order chi connectivity index (χ0) is 19.4. The fraction of sp³-hybridized carbons (Fsp3) is 0.524. The molecule has 0 spiro atoms. The van der Waals surface area contributed by atoms with Crippen LogP contribution in [0.1, 0.15) is 45.1 Å². The molecule has 1 aromatic rings. The van der Waals surface area contributed by atoms with Crippen molar-refractivity contribution in [3.05, 3.63) is 22.7 Å². The highest BCUT2D eigenvalue weighted by atomic mass is 35.5. The predicted molar refractivity (Wildman–Crippen MR) is 106 cm³/mol. The van der Waals surface area contributed by atoms with Gasteiger partial charge in [-0.2, -0.15) is 5.10 Å². The number of terminal acetylenes is 1. The van der Waals surface area contributed by atoms with Gasteiger partial charge < -0.3 is 9.47 Å². The zero-order valence-electron chi connectivity index (χ0n) is 15.8. The lowest BCUT2D eigenvalue weighted by atomic mass is 9.90. The predicted octanol–water partition coefficient (Wildman–Crippen LogP) is 4.03. The van der Waals surface area contributed by atoms with Crippen LogP contribution >= 0.6 is 11.6 Å². The van der Waals surface area contributed by atoms with Crippen LogP contribution in [-0.4, -0.2) is 25.3 Å². The van der Waals surface area contributed by atoms with Gasteiger partial charge in [0.25, 0.3) is 0 Å². The van der Waals surface area contributed by atoms with Crippen molar-refractivity contribution in [3.8, 4) is 23.8 Å². The van der Waals surface area contributed by atoms with E-state index in [0.29, 0.717) is 34.6 Å². The first-order valence-corrected chi connectivity index (χ1v) is 9.74. The number of fused-ring (bicyclic) bond motifs is 1. The van der Waals surface area contributed by atoms with Crippen LogP contribution in [0, 0.1) is 29.6 Å². The molecular weight excluding hydrogens is 364 g/mol. The van der Waals surface area contributed by atoms with Crippen molar-refractivity contribution in [2.75, 3.05) is 13.2 Å². The minimum absolute atomic E-state index is 0.00533. The Morgan fingerprint density at radius 2 is 2.30 bits per heavy atom. The summed E-state index contributed by atoms with van der Waals surface area (Å²) < 4.78 is 11.0. The lowest BCUT2D eigenvalue weighted by molar-refractivity contribution is -0.123. The first-order valence-electron chi connectivity index (χ1n) is 9.36. The summed E-state index contributed by atoms with van der Waals surface area (Å²) in [4.78, 5) is 12.5. The Labute approximate surface area is 165 Å². The molecule has 0 radical (unpaired) electrons. The second-order valence-corrected chi connectivity index (χ2v) is 7.73. The number of nitrogens with one attached hydrogen (secondary N) is 1. The number of rotatable bonds is 7. The Morgan fingerprint density at radius 3 is 2.96 bits per heavy atom. The summed E-state index contributed by atoms with van der Waals surface area (Å²) >= 11 is 6.29. The first-order chi connectivity index (χ1) is 13.0. The molecule has 1 amide bonds. The number of hydrogen-bond donors (Lipinski definition) is 1. The highest BCUT2D eigenvalue weighted by molar-refractivity contribution is 6.32.